The normalized spacial score (nSPS) is 28.4. The zero-order valence-corrected chi connectivity index (χ0v) is 24.9. The van der Waals surface area contributed by atoms with E-state index in [9.17, 15) is 19.5 Å². The van der Waals surface area contributed by atoms with Gasteiger partial charge in [0.05, 0.1) is 16.6 Å². The van der Waals surface area contributed by atoms with E-state index in [1.807, 2.05) is 40.1 Å². The van der Waals surface area contributed by atoms with E-state index in [0.29, 0.717) is 45.6 Å². The van der Waals surface area contributed by atoms with Crippen LogP contribution >= 0.6 is 11.8 Å². The summed E-state index contributed by atoms with van der Waals surface area (Å²) in [6.07, 6.45) is 7.32. The van der Waals surface area contributed by atoms with Gasteiger partial charge in [-0.25, -0.2) is 0 Å². The third-order valence-corrected chi connectivity index (χ3v) is 11.0. The molecule has 1 N–H and O–H groups in total. The standard InChI is InChI=1S/C32H45N3O4S/c1-5-8-18-33(16-6-2)31(39)28-32-23(4)21-25(40-32)26(27(32)30(38)35(28)19-12-13-20-36)29(37)34(17-7-3)22-24-14-10-9-11-15-24/h6-7,9-11,14-15,23,25-28,36H,2-3,5,8,12-13,16-22H2,1,4H3/t23?,25-,26+,27-,28?,32?/m0/s1. The van der Waals surface area contributed by atoms with E-state index in [4.69, 9.17) is 0 Å². The van der Waals surface area contributed by atoms with E-state index in [-0.39, 0.29) is 35.5 Å². The fourth-order valence-electron chi connectivity index (χ4n) is 7.09. The Morgan fingerprint density at radius 1 is 1.10 bits per heavy atom. The number of aliphatic hydroxyl groups excluding tert-OH is 1. The number of nitrogens with zero attached hydrogens (tertiary/aromatic N) is 3. The van der Waals surface area contributed by atoms with Gasteiger partial charge in [-0.3, -0.25) is 14.4 Å². The maximum atomic E-state index is 14.4. The van der Waals surface area contributed by atoms with Gasteiger partial charge in [0.25, 0.3) is 0 Å². The minimum atomic E-state index is -0.642. The number of thioether (sulfide) groups is 1. The Hall–Kier alpha value is -2.58. The van der Waals surface area contributed by atoms with Crippen LogP contribution in [0.4, 0.5) is 0 Å². The minimum Gasteiger partial charge on any atom is -0.396 e. The number of fused-ring (bicyclic) bond motifs is 1. The molecule has 6 atom stereocenters. The van der Waals surface area contributed by atoms with Crippen molar-refractivity contribution in [2.24, 2.45) is 17.8 Å². The first-order valence-electron chi connectivity index (χ1n) is 14.8. The summed E-state index contributed by atoms with van der Waals surface area (Å²) in [7, 11) is 0. The molecule has 0 aliphatic carbocycles. The van der Waals surface area contributed by atoms with E-state index in [1.54, 1.807) is 28.8 Å². The molecule has 218 valence electrons. The van der Waals surface area contributed by atoms with E-state index in [1.165, 1.54) is 0 Å². The second kappa shape index (κ2) is 13.4. The Labute approximate surface area is 243 Å². The average molecular weight is 568 g/mol. The number of benzene rings is 1. The highest BCUT2D eigenvalue weighted by atomic mass is 32.2. The van der Waals surface area contributed by atoms with Crippen molar-refractivity contribution in [2.75, 3.05) is 32.8 Å². The predicted octanol–water partition coefficient (Wildman–Crippen LogP) is 4.13. The van der Waals surface area contributed by atoms with E-state index >= 15 is 0 Å². The van der Waals surface area contributed by atoms with Crippen LogP contribution in [0.2, 0.25) is 0 Å². The number of hydrogen-bond acceptors (Lipinski definition) is 5. The first-order valence-corrected chi connectivity index (χ1v) is 15.7. The topological polar surface area (TPSA) is 81.2 Å². The first kappa shape index (κ1) is 30.4. The van der Waals surface area contributed by atoms with Crippen molar-refractivity contribution < 1.29 is 19.5 Å². The van der Waals surface area contributed by atoms with Gasteiger partial charge < -0.3 is 19.8 Å². The molecule has 1 spiro atoms. The molecule has 3 amide bonds. The van der Waals surface area contributed by atoms with Crippen molar-refractivity contribution in [3.63, 3.8) is 0 Å². The molecular weight excluding hydrogens is 522 g/mol. The number of likely N-dealkylation sites (tertiary alicyclic amines) is 1. The van der Waals surface area contributed by atoms with Crippen LogP contribution in [0.3, 0.4) is 0 Å². The lowest BCUT2D eigenvalue weighted by Crippen LogP contribution is -2.57. The first-order chi connectivity index (χ1) is 19.3. The zero-order chi connectivity index (χ0) is 28.9. The van der Waals surface area contributed by atoms with Gasteiger partial charge in [0.15, 0.2) is 0 Å². The van der Waals surface area contributed by atoms with E-state index < -0.39 is 22.6 Å². The maximum Gasteiger partial charge on any atom is 0.247 e. The molecule has 0 aromatic heterocycles. The van der Waals surface area contributed by atoms with Gasteiger partial charge in [0.2, 0.25) is 17.7 Å². The minimum absolute atomic E-state index is 0.00192. The fourth-order valence-corrected chi connectivity index (χ4v) is 9.50. The molecule has 3 heterocycles. The molecule has 8 heteroatoms. The molecular formula is C32H45N3O4S. The summed E-state index contributed by atoms with van der Waals surface area (Å²) in [5.74, 6) is -1.03. The molecule has 40 heavy (non-hydrogen) atoms. The Morgan fingerprint density at radius 2 is 1.80 bits per heavy atom. The molecule has 7 nitrogen and oxygen atoms in total. The third kappa shape index (κ3) is 5.49. The van der Waals surface area contributed by atoms with Gasteiger partial charge >= 0.3 is 0 Å². The maximum absolute atomic E-state index is 14.4. The summed E-state index contributed by atoms with van der Waals surface area (Å²) in [6.45, 7) is 14.4. The number of rotatable bonds is 15. The second-order valence-electron chi connectivity index (χ2n) is 11.4. The van der Waals surface area contributed by atoms with Crippen LogP contribution in [0.15, 0.2) is 55.6 Å². The predicted molar refractivity (Wildman–Crippen MR) is 160 cm³/mol. The summed E-state index contributed by atoms with van der Waals surface area (Å²) >= 11 is 1.72. The average Bonchev–Trinajstić information content (AvgIpc) is 3.54. The summed E-state index contributed by atoms with van der Waals surface area (Å²) in [6, 6.07) is 9.27. The quantitative estimate of drug-likeness (QED) is 0.255. The molecule has 0 saturated carbocycles. The number of carbonyl (C=O) groups excluding carboxylic acids is 3. The zero-order valence-electron chi connectivity index (χ0n) is 24.0. The SMILES string of the molecule is C=CCN(CCCC)C(=O)C1N(CCCCO)C(=O)[C@@H]2[C@H](C(=O)N(CC=C)Cc3ccccc3)[C@@H]3CC(C)C12S3. The molecule has 3 fully saturated rings. The number of hydrogen-bond donors (Lipinski definition) is 1. The molecule has 4 rings (SSSR count). The third-order valence-electron chi connectivity index (χ3n) is 8.89. The Kier molecular flexibility index (Phi) is 10.2. The number of aliphatic hydroxyl groups is 1. The summed E-state index contributed by atoms with van der Waals surface area (Å²) in [5, 5.41) is 9.44. The van der Waals surface area contributed by atoms with Crippen LogP contribution < -0.4 is 0 Å². The molecule has 1 aromatic rings. The molecule has 0 radical (unpaired) electrons. The van der Waals surface area contributed by atoms with Gasteiger partial charge in [0, 0.05) is 44.6 Å². The van der Waals surface area contributed by atoms with Crippen LogP contribution in [0.1, 0.15) is 51.5 Å². The number of amides is 3. The van der Waals surface area contributed by atoms with Crippen LogP contribution in [-0.4, -0.2) is 86.4 Å². The number of unbranched alkanes of at least 4 members (excludes halogenated alkanes) is 2. The molecule has 3 saturated heterocycles. The van der Waals surface area contributed by atoms with Crippen molar-refractivity contribution in [3.05, 3.63) is 61.2 Å². The summed E-state index contributed by atoms with van der Waals surface area (Å²) in [4.78, 5) is 48.4. The van der Waals surface area contributed by atoms with Gasteiger partial charge in [-0.1, -0.05) is 62.8 Å². The Bertz CT molecular complexity index is 1080. The van der Waals surface area contributed by atoms with Crippen molar-refractivity contribution in [2.45, 2.75) is 68.5 Å². The highest BCUT2D eigenvalue weighted by Gasteiger charge is 2.76. The lowest BCUT2D eigenvalue weighted by molar-refractivity contribution is -0.145. The number of carbonyl (C=O) groups is 3. The molecule has 3 aliphatic rings. The van der Waals surface area contributed by atoms with Crippen LogP contribution in [-0.2, 0) is 20.9 Å². The van der Waals surface area contributed by atoms with Gasteiger partial charge in [0.1, 0.15) is 6.04 Å². The van der Waals surface area contributed by atoms with Crippen LogP contribution in [0.25, 0.3) is 0 Å². The smallest absolute Gasteiger partial charge is 0.247 e. The summed E-state index contributed by atoms with van der Waals surface area (Å²) < 4.78 is -0.642. The highest BCUT2D eigenvalue weighted by molar-refractivity contribution is 8.02. The molecule has 3 unspecified atom stereocenters. The van der Waals surface area contributed by atoms with Crippen molar-refractivity contribution in [1.82, 2.24) is 14.7 Å². The van der Waals surface area contributed by atoms with E-state index in [2.05, 4.69) is 27.0 Å². The fraction of sp³-hybridized carbons (Fsp3) is 0.594. The summed E-state index contributed by atoms with van der Waals surface area (Å²) in [5.41, 5.74) is 1.03. The van der Waals surface area contributed by atoms with Crippen molar-refractivity contribution >= 4 is 29.5 Å². The molecule has 2 bridgehead atoms. The van der Waals surface area contributed by atoms with E-state index in [0.717, 1.165) is 24.8 Å². The van der Waals surface area contributed by atoms with Crippen molar-refractivity contribution in [3.8, 4) is 0 Å². The molecule has 3 aliphatic heterocycles. The monoisotopic (exact) mass is 567 g/mol. The lowest BCUT2D eigenvalue weighted by Gasteiger charge is -2.41. The Morgan fingerprint density at radius 3 is 2.45 bits per heavy atom. The lowest BCUT2D eigenvalue weighted by atomic mass is 9.65. The van der Waals surface area contributed by atoms with Crippen molar-refractivity contribution in [1.29, 1.82) is 0 Å². The van der Waals surface area contributed by atoms with Crippen LogP contribution in [0.5, 0.6) is 0 Å². The highest BCUT2D eigenvalue weighted by Crippen LogP contribution is 2.69. The van der Waals surface area contributed by atoms with Crippen LogP contribution in [0, 0.1) is 17.8 Å². The largest absolute Gasteiger partial charge is 0.396 e. The van der Waals surface area contributed by atoms with Gasteiger partial charge in [-0.15, -0.1) is 24.9 Å². The Balaban J connectivity index is 1.71. The second-order valence-corrected chi connectivity index (χ2v) is 13.0. The van der Waals surface area contributed by atoms with Gasteiger partial charge in [-0.05, 0) is 37.2 Å². The van der Waals surface area contributed by atoms with Gasteiger partial charge in [-0.2, -0.15) is 0 Å². The molecule has 1 aromatic carbocycles.